The molecular formula is C18H22N4O2. The van der Waals surface area contributed by atoms with Crippen molar-refractivity contribution in [3.8, 4) is 5.75 Å². The zero-order valence-electron chi connectivity index (χ0n) is 13.6. The Morgan fingerprint density at radius 2 is 2.25 bits per heavy atom. The van der Waals surface area contributed by atoms with Gasteiger partial charge >= 0.3 is 0 Å². The molecule has 0 radical (unpaired) electrons. The maximum Gasteiger partial charge on any atom is 0.262 e. The van der Waals surface area contributed by atoms with Crippen molar-refractivity contribution in [2.45, 2.75) is 31.6 Å². The van der Waals surface area contributed by atoms with Crippen LogP contribution < -0.4 is 15.4 Å². The van der Waals surface area contributed by atoms with E-state index in [1.165, 1.54) is 17.5 Å². The molecule has 0 saturated carbocycles. The number of carbonyl (C=O) groups is 1. The van der Waals surface area contributed by atoms with E-state index >= 15 is 0 Å². The van der Waals surface area contributed by atoms with Crippen molar-refractivity contribution in [2.24, 2.45) is 0 Å². The summed E-state index contributed by atoms with van der Waals surface area (Å²) < 4.78 is 5.65. The molecule has 6 nitrogen and oxygen atoms in total. The van der Waals surface area contributed by atoms with Gasteiger partial charge in [0, 0.05) is 12.5 Å². The highest BCUT2D eigenvalue weighted by atomic mass is 16.5. The van der Waals surface area contributed by atoms with Gasteiger partial charge in [0.05, 0.1) is 17.6 Å². The molecule has 4 rings (SSSR count). The summed E-state index contributed by atoms with van der Waals surface area (Å²) >= 11 is 0. The predicted octanol–water partition coefficient (Wildman–Crippen LogP) is 1.99. The van der Waals surface area contributed by atoms with E-state index in [9.17, 15) is 4.79 Å². The van der Waals surface area contributed by atoms with Gasteiger partial charge in [-0.3, -0.25) is 9.89 Å². The molecule has 24 heavy (non-hydrogen) atoms. The monoisotopic (exact) mass is 326 g/mol. The maximum absolute atomic E-state index is 12.2. The summed E-state index contributed by atoms with van der Waals surface area (Å²) in [5.41, 5.74) is 4.50. The first-order valence-electron chi connectivity index (χ1n) is 8.58. The molecule has 126 valence electrons. The highest BCUT2D eigenvalue weighted by molar-refractivity contribution is 5.92. The Balaban J connectivity index is 1.35. The van der Waals surface area contributed by atoms with Gasteiger partial charge in [0.25, 0.3) is 5.91 Å². The zero-order chi connectivity index (χ0) is 16.4. The number of aryl methyl sites for hydroxylation is 2. The van der Waals surface area contributed by atoms with Crippen LogP contribution in [-0.2, 0) is 17.6 Å². The molecule has 0 bridgehead atoms. The molecule has 1 aromatic carbocycles. The number of hydrogen-bond donors (Lipinski definition) is 3. The Morgan fingerprint density at radius 1 is 1.33 bits per heavy atom. The molecule has 1 saturated heterocycles. The number of nitrogens with one attached hydrogen (secondary N) is 3. The molecule has 2 aromatic rings. The predicted molar refractivity (Wildman–Crippen MR) is 91.4 cm³/mol. The molecule has 1 amide bonds. The minimum atomic E-state index is -0.163. The van der Waals surface area contributed by atoms with Crippen LogP contribution in [0.15, 0.2) is 24.4 Å². The number of benzene rings is 1. The van der Waals surface area contributed by atoms with E-state index in [-0.39, 0.29) is 12.5 Å². The maximum atomic E-state index is 12.2. The van der Waals surface area contributed by atoms with E-state index in [4.69, 9.17) is 4.74 Å². The number of aromatic nitrogens is 2. The van der Waals surface area contributed by atoms with Gasteiger partial charge in [0.1, 0.15) is 5.75 Å². The Morgan fingerprint density at radius 3 is 3.12 bits per heavy atom. The molecular weight excluding hydrogens is 304 g/mol. The lowest BCUT2D eigenvalue weighted by atomic mass is 10.0. The van der Waals surface area contributed by atoms with Crippen LogP contribution in [-0.4, -0.2) is 35.8 Å². The lowest BCUT2D eigenvalue weighted by Crippen LogP contribution is -2.21. The minimum absolute atomic E-state index is 0.00627. The van der Waals surface area contributed by atoms with Gasteiger partial charge in [0.2, 0.25) is 0 Å². The lowest BCUT2D eigenvalue weighted by molar-refractivity contribution is -0.118. The summed E-state index contributed by atoms with van der Waals surface area (Å²) in [6, 6.07) is 6.12. The normalized spacial score (nSPS) is 19.2. The number of fused-ring (bicyclic) bond motifs is 1. The average molecular weight is 326 g/mol. The van der Waals surface area contributed by atoms with Crippen LogP contribution in [0, 0.1) is 0 Å². The first-order valence-corrected chi connectivity index (χ1v) is 8.58. The minimum Gasteiger partial charge on any atom is -0.484 e. The van der Waals surface area contributed by atoms with E-state index in [0.717, 1.165) is 49.5 Å². The number of H-pyrrole nitrogens is 1. The molecule has 1 aliphatic carbocycles. The first kappa shape index (κ1) is 15.2. The van der Waals surface area contributed by atoms with Crippen molar-refractivity contribution < 1.29 is 9.53 Å². The number of hydrogen-bond acceptors (Lipinski definition) is 4. The SMILES string of the molecule is O=C(COc1ccc2c(c1)CCC2)Nc1cn[nH]c1C1CCNC1. The van der Waals surface area contributed by atoms with Gasteiger partial charge in [-0.25, -0.2) is 0 Å². The summed E-state index contributed by atoms with van der Waals surface area (Å²) in [4.78, 5) is 12.2. The summed E-state index contributed by atoms with van der Waals surface area (Å²) in [6.07, 6.45) is 6.18. The van der Waals surface area contributed by atoms with Gasteiger partial charge in [0.15, 0.2) is 6.61 Å². The third-order valence-corrected chi connectivity index (χ3v) is 4.85. The fourth-order valence-corrected chi connectivity index (χ4v) is 3.58. The Bertz CT molecular complexity index is 734. The van der Waals surface area contributed by atoms with Gasteiger partial charge in [-0.15, -0.1) is 0 Å². The number of aromatic amines is 1. The Hall–Kier alpha value is -2.34. The molecule has 2 aliphatic rings. The second-order valence-electron chi connectivity index (χ2n) is 6.51. The number of carbonyl (C=O) groups excluding carboxylic acids is 1. The number of amides is 1. The Kier molecular flexibility index (Phi) is 4.21. The summed E-state index contributed by atoms with van der Waals surface area (Å²) in [7, 11) is 0. The smallest absolute Gasteiger partial charge is 0.262 e. The molecule has 2 heterocycles. The largest absolute Gasteiger partial charge is 0.484 e. The van der Waals surface area contributed by atoms with E-state index < -0.39 is 0 Å². The van der Waals surface area contributed by atoms with Crippen LogP contribution in [0.3, 0.4) is 0 Å². The fraction of sp³-hybridized carbons (Fsp3) is 0.444. The first-order chi connectivity index (χ1) is 11.8. The van der Waals surface area contributed by atoms with Gasteiger partial charge in [-0.05, 0) is 55.5 Å². The third kappa shape index (κ3) is 3.14. The number of ether oxygens (including phenoxy) is 1. The second-order valence-corrected chi connectivity index (χ2v) is 6.51. The number of nitrogens with zero attached hydrogens (tertiary/aromatic N) is 1. The van der Waals surface area contributed by atoms with Gasteiger partial charge < -0.3 is 15.4 Å². The van der Waals surface area contributed by atoms with Crippen LogP contribution in [0.5, 0.6) is 5.75 Å². The fourth-order valence-electron chi connectivity index (χ4n) is 3.58. The second kappa shape index (κ2) is 6.65. The Labute approximate surface area is 141 Å². The number of rotatable bonds is 5. The van der Waals surface area contributed by atoms with E-state index in [1.807, 2.05) is 6.07 Å². The lowest BCUT2D eigenvalue weighted by Gasteiger charge is -2.11. The molecule has 1 aromatic heterocycles. The summed E-state index contributed by atoms with van der Waals surface area (Å²) in [5.74, 6) is 0.975. The molecule has 1 fully saturated rings. The molecule has 1 aliphatic heterocycles. The van der Waals surface area contributed by atoms with Crippen LogP contribution >= 0.6 is 0 Å². The topological polar surface area (TPSA) is 79.0 Å². The van der Waals surface area contributed by atoms with Crippen molar-refractivity contribution in [2.75, 3.05) is 25.0 Å². The van der Waals surface area contributed by atoms with E-state index in [2.05, 4.69) is 33.0 Å². The average Bonchev–Trinajstić information content (AvgIpc) is 3.32. The molecule has 3 N–H and O–H groups in total. The van der Waals surface area contributed by atoms with Crippen molar-refractivity contribution in [3.05, 3.63) is 41.2 Å². The molecule has 0 spiro atoms. The molecule has 1 atom stereocenters. The van der Waals surface area contributed by atoms with Crippen LogP contribution in [0.25, 0.3) is 0 Å². The highest BCUT2D eigenvalue weighted by Gasteiger charge is 2.22. The zero-order valence-corrected chi connectivity index (χ0v) is 13.6. The molecule has 1 unspecified atom stereocenters. The van der Waals surface area contributed by atoms with Crippen molar-refractivity contribution in [1.82, 2.24) is 15.5 Å². The van der Waals surface area contributed by atoms with E-state index in [0.29, 0.717) is 5.92 Å². The third-order valence-electron chi connectivity index (χ3n) is 4.85. The van der Waals surface area contributed by atoms with Crippen molar-refractivity contribution >= 4 is 11.6 Å². The molecule has 6 heteroatoms. The summed E-state index contributed by atoms with van der Waals surface area (Å²) in [6.45, 7) is 1.92. The van der Waals surface area contributed by atoms with Gasteiger partial charge in [-0.1, -0.05) is 6.07 Å². The summed E-state index contributed by atoms with van der Waals surface area (Å²) in [5, 5.41) is 13.3. The van der Waals surface area contributed by atoms with E-state index in [1.54, 1.807) is 6.20 Å². The van der Waals surface area contributed by atoms with Crippen LogP contribution in [0.4, 0.5) is 5.69 Å². The van der Waals surface area contributed by atoms with Crippen molar-refractivity contribution in [1.29, 1.82) is 0 Å². The quantitative estimate of drug-likeness (QED) is 0.785. The standard InChI is InChI=1S/C18H22N4O2/c23-17(11-24-15-5-4-12-2-1-3-13(12)8-15)21-16-10-20-22-18(16)14-6-7-19-9-14/h4-5,8,10,14,19H,1-3,6-7,9,11H2,(H,20,22)(H,21,23). The van der Waals surface area contributed by atoms with Crippen LogP contribution in [0.2, 0.25) is 0 Å². The van der Waals surface area contributed by atoms with Gasteiger partial charge in [-0.2, -0.15) is 5.10 Å². The van der Waals surface area contributed by atoms with Crippen molar-refractivity contribution in [3.63, 3.8) is 0 Å². The number of anilines is 1. The van der Waals surface area contributed by atoms with Crippen LogP contribution in [0.1, 0.15) is 35.6 Å². The highest BCUT2D eigenvalue weighted by Crippen LogP contribution is 2.27.